The highest BCUT2D eigenvalue weighted by molar-refractivity contribution is 5.84. The van der Waals surface area contributed by atoms with Crippen LogP contribution in [0.4, 0.5) is 0 Å². The average Bonchev–Trinajstić information content (AvgIpc) is 2.03. The molecule has 1 fully saturated rings. The molecule has 64 valence electrons. The topological polar surface area (TPSA) is 20.3 Å². The summed E-state index contributed by atoms with van der Waals surface area (Å²) in [7, 11) is 1.87. The molecule has 1 unspecified atom stereocenters. The minimum Gasteiger partial charge on any atom is -0.345 e. The third-order valence-electron chi connectivity index (χ3n) is 2.38. The molecule has 2 nitrogen and oxygen atoms in total. The first kappa shape index (κ1) is 8.57. The lowest BCUT2D eigenvalue weighted by atomic mass is 9.93. The van der Waals surface area contributed by atoms with E-state index in [1.54, 1.807) is 4.90 Å². The summed E-state index contributed by atoms with van der Waals surface area (Å²) in [4.78, 5) is 12.9. The molecular formula is C9H17NO. The van der Waals surface area contributed by atoms with Gasteiger partial charge >= 0.3 is 0 Å². The summed E-state index contributed by atoms with van der Waals surface area (Å²) in [6, 6.07) is 0. The van der Waals surface area contributed by atoms with Gasteiger partial charge in [-0.25, -0.2) is 0 Å². The number of rotatable bonds is 4. The lowest BCUT2D eigenvalue weighted by Gasteiger charge is -2.35. The van der Waals surface area contributed by atoms with E-state index in [9.17, 15) is 4.79 Å². The Labute approximate surface area is 68.6 Å². The van der Waals surface area contributed by atoms with Crippen LogP contribution in [0.15, 0.2) is 0 Å². The van der Waals surface area contributed by atoms with Crippen LogP contribution in [0, 0.1) is 5.92 Å². The molecule has 1 aliphatic heterocycles. The number of carbonyl (C=O) groups is 1. The summed E-state index contributed by atoms with van der Waals surface area (Å²) >= 11 is 0. The Kier molecular flexibility index (Phi) is 2.92. The first-order chi connectivity index (χ1) is 5.25. The van der Waals surface area contributed by atoms with Gasteiger partial charge in [0.1, 0.15) is 0 Å². The van der Waals surface area contributed by atoms with Crippen LogP contribution in [0.1, 0.15) is 32.6 Å². The largest absolute Gasteiger partial charge is 0.345 e. The van der Waals surface area contributed by atoms with Crippen molar-refractivity contribution >= 4 is 5.91 Å². The van der Waals surface area contributed by atoms with Crippen molar-refractivity contribution in [2.24, 2.45) is 5.92 Å². The quantitative estimate of drug-likeness (QED) is 0.446. The molecule has 0 aromatic heterocycles. The minimum atomic E-state index is 0.348. The molecular weight excluding hydrogens is 138 g/mol. The second kappa shape index (κ2) is 3.74. The van der Waals surface area contributed by atoms with Gasteiger partial charge in [0.15, 0.2) is 0 Å². The highest BCUT2D eigenvalue weighted by Crippen LogP contribution is 2.21. The van der Waals surface area contributed by atoms with Crippen LogP contribution in [-0.2, 0) is 4.79 Å². The molecule has 1 saturated heterocycles. The second-order valence-corrected chi connectivity index (χ2v) is 3.41. The summed E-state index contributed by atoms with van der Waals surface area (Å²) in [6.07, 6.45) is 4.85. The maximum Gasteiger partial charge on any atom is 0.227 e. The normalized spacial score (nSPS) is 23.6. The molecule has 0 bridgehead atoms. The summed E-state index contributed by atoms with van der Waals surface area (Å²) in [5, 5.41) is 0. The van der Waals surface area contributed by atoms with Crippen LogP contribution in [0.2, 0.25) is 0 Å². The Hall–Kier alpha value is -0.530. The van der Waals surface area contributed by atoms with Gasteiger partial charge in [-0.15, -0.1) is 0 Å². The number of hydrogen-bond acceptors (Lipinski definition) is 1. The molecule has 0 aliphatic carbocycles. The van der Waals surface area contributed by atoms with Crippen LogP contribution in [0.3, 0.4) is 0 Å². The molecule has 0 N–H and O–H groups in total. The third-order valence-corrected chi connectivity index (χ3v) is 2.38. The number of hydrogen-bond donors (Lipinski definition) is 0. The van der Waals surface area contributed by atoms with E-state index < -0.39 is 0 Å². The molecule has 1 heterocycles. The molecule has 1 atom stereocenters. The molecule has 0 saturated carbocycles. The smallest absolute Gasteiger partial charge is 0.227 e. The van der Waals surface area contributed by atoms with Crippen LogP contribution >= 0.6 is 0 Å². The van der Waals surface area contributed by atoms with Crippen molar-refractivity contribution in [1.82, 2.24) is 4.90 Å². The number of amides is 1. The van der Waals surface area contributed by atoms with Crippen LogP contribution in [-0.4, -0.2) is 24.4 Å². The summed E-state index contributed by atoms with van der Waals surface area (Å²) < 4.78 is 0. The molecule has 1 aliphatic rings. The molecule has 0 spiro atoms. The fourth-order valence-electron chi connectivity index (χ4n) is 1.55. The lowest BCUT2D eigenvalue weighted by molar-refractivity contribution is -0.145. The van der Waals surface area contributed by atoms with E-state index in [4.69, 9.17) is 0 Å². The van der Waals surface area contributed by atoms with Crippen molar-refractivity contribution in [3.8, 4) is 0 Å². The Morgan fingerprint density at radius 1 is 1.55 bits per heavy atom. The zero-order valence-corrected chi connectivity index (χ0v) is 7.47. The lowest BCUT2D eigenvalue weighted by Crippen LogP contribution is -2.49. The van der Waals surface area contributed by atoms with Crippen molar-refractivity contribution in [3.63, 3.8) is 0 Å². The van der Waals surface area contributed by atoms with Gasteiger partial charge in [-0.2, -0.15) is 0 Å². The van der Waals surface area contributed by atoms with Gasteiger partial charge in [0.2, 0.25) is 5.91 Å². The van der Waals surface area contributed by atoms with Gasteiger partial charge in [-0.3, -0.25) is 4.79 Å². The molecule has 1 rings (SSSR count). The zero-order valence-electron chi connectivity index (χ0n) is 7.47. The second-order valence-electron chi connectivity index (χ2n) is 3.41. The number of unbranched alkanes of at least 4 members (excludes halogenated alkanes) is 2. The first-order valence-electron chi connectivity index (χ1n) is 4.50. The van der Waals surface area contributed by atoms with Gasteiger partial charge in [-0.1, -0.05) is 26.2 Å². The summed E-state index contributed by atoms with van der Waals surface area (Å²) in [5.74, 6) is 0.715. The highest BCUT2D eigenvalue weighted by Gasteiger charge is 2.32. The van der Waals surface area contributed by atoms with Gasteiger partial charge < -0.3 is 4.90 Å². The molecule has 2 heteroatoms. The van der Waals surface area contributed by atoms with Gasteiger partial charge in [0, 0.05) is 13.6 Å². The van der Waals surface area contributed by atoms with Crippen molar-refractivity contribution in [3.05, 3.63) is 0 Å². The monoisotopic (exact) mass is 155 g/mol. The summed E-state index contributed by atoms with van der Waals surface area (Å²) in [6.45, 7) is 3.18. The standard InChI is InChI=1S/C9H17NO/c1-3-4-5-6-8-7-10(2)9(8)11/h8H,3-7H2,1-2H3. The molecule has 0 aromatic carbocycles. The average molecular weight is 155 g/mol. The van der Waals surface area contributed by atoms with Crippen molar-refractivity contribution in [2.75, 3.05) is 13.6 Å². The van der Waals surface area contributed by atoms with E-state index in [1.807, 2.05) is 7.05 Å². The van der Waals surface area contributed by atoms with E-state index in [1.165, 1.54) is 19.3 Å². The maximum absolute atomic E-state index is 11.1. The van der Waals surface area contributed by atoms with E-state index in [2.05, 4.69) is 6.92 Å². The Morgan fingerprint density at radius 3 is 2.73 bits per heavy atom. The fourth-order valence-corrected chi connectivity index (χ4v) is 1.55. The fraction of sp³-hybridized carbons (Fsp3) is 0.889. The zero-order chi connectivity index (χ0) is 8.27. The molecule has 0 radical (unpaired) electrons. The first-order valence-corrected chi connectivity index (χ1v) is 4.50. The van der Waals surface area contributed by atoms with Gasteiger partial charge in [0.05, 0.1) is 5.92 Å². The van der Waals surface area contributed by atoms with Crippen molar-refractivity contribution < 1.29 is 4.79 Å². The SMILES string of the molecule is CCCCCC1CN(C)C1=O. The van der Waals surface area contributed by atoms with Crippen molar-refractivity contribution in [1.29, 1.82) is 0 Å². The Morgan fingerprint density at radius 2 is 2.27 bits per heavy atom. The maximum atomic E-state index is 11.1. The van der Waals surface area contributed by atoms with E-state index in [0.717, 1.165) is 13.0 Å². The molecule has 1 amide bonds. The number of carbonyl (C=O) groups excluding carboxylic acids is 1. The van der Waals surface area contributed by atoms with Crippen LogP contribution in [0.5, 0.6) is 0 Å². The van der Waals surface area contributed by atoms with Gasteiger partial charge in [0.25, 0.3) is 0 Å². The van der Waals surface area contributed by atoms with Crippen LogP contribution < -0.4 is 0 Å². The van der Waals surface area contributed by atoms with Crippen LogP contribution in [0.25, 0.3) is 0 Å². The minimum absolute atomic E-state index is 0.348. The molecule has 11 heavy (non-hydrogen) atoms. The summed E-state index contributed by atoms with van der Waals surface area (Å²) in [5.41, 5.74) is 0. The number of β-lactam (4-membered cyclic amide) rings is 1. The molecule has 0 aromatic rings. The number of nitrogens with zero attached hydrogens (tertiary/aromatic N) is 1. The van der Waals surface area contributed by atoms with E-state index in [0.29, 0.717) is 11.8 Å². The Balaban J connectivity index is 2.06. The predicted molar refractivity (Wildman–Crippen MR) is 45.3 cm³/mol. The van der Waals surface area contributed by atoms with Crippen molar-refractivity contribution in [2.45, 2.75) is 32.6 Å². The highest BCUT2D eigenvalue weighted by atomic mass is 16.2. The number of likely N-dealkylation sites (tertiary alicyclic amines) is 1. The third kappa shape index (κ3) is 1.95. The van der Waals surface area contributed by atoms with Gasteiger partial charge in [-0.05, 0) is 6.42 Å². The Bertz CT molecular complexity index is 144. The van der Waals surface area contributed by atoms with E-state index in [-0.39, 0.29) is 0 Å². The predicted octanol–water partition coefficient (Wildman–Crippen LogP) is 1.65. The van der Waals surface area contributed by atoms with E-state index >= 15 is 0 Å².